The number of carbonyl (C=O) groups is 2. The summed E-state index contributed by atoms with van der Waals surface area (Å²) in [6.45, 7) is 2.72. The minimum absolute atomic E-state index is 0.0818. The molecule has 1 N–H and O–H groups in total. The van der Waals surface area contributed by atoms with Crippen LogP contribution in [0.5, 0.6) is 0 Å². The molecule has 0 saturated heterocycles. The summed E-state index contributed by atoms with van der Waals surface area (Å²) in [5.74, 6) is -0.980. The molecule has 3 rings (SSSR count). The van der Waals surface area contributed by atoms with Crippen LogP contribution in [0.4, 0.5) is 5.69 Å². The van der Waals surface area contributed by atoms with Gasteiger partial charge in [0.2, 0.25) is 0 Å². The van der Waals surface area contributed by atoms with E-state index in [1.807, 2.05) is 24.3 Å². The van der Waals surface area contributed by atoms with Gasteiger partial charge in [-0.2, -0.15) is 0 Å². The predicted octanol–water partition coefficient (Wildman–Crippen LogP) is 2.68. The van der Waals surface area contributed by atoms with Gasteiger partial charge < -0.3 is 10.0 Å². The average molecular weight is 302 g/mol. The lowest BCUT2D eigenvalue weighted by atomic mass is 9.94. The zero-order chi connectivity index (χ0) is 15.0. The van der Waals surface area contributed by atoms with Crippen molar-refractivity contribution >= 4 is 28.9 Å². The average Bonchev–Trinajstić information content (AvgIpc) is 2.95. The van der Waals surface area contributed by atoms with Crippen molar-refractivity contribution in [2.75, 3.05) is 11.4 Å². The van der Waals surface area contributed by atoms with Crippen LogP contribution in [0, 0.1) is 5.92 Å². The molecule has 0 fully saturated rings. The summed E-state index contributed by atoms with van der Waals surface area (Å²) < 4.78 is 0. The van der Waals surface area contributed by atoms with Crippen LogP contribution in [0.15, 0.2) is 29.6 Å². The summed E-state index contributed by atoms with van der Waals surface area (Å²) in [7, 11) is 0. The summed E-state index contributed by atoms with van der Waals surface area (Å²) in [6, 6.07) is 7.81. The van der Waals surface area contributed by atoms with Gasteiger partial charge in [0, 0.05) is 17.6 Å². The molecule has 2 aromatic rings. The molecule has 0 spiro atoms. The highest BCUT2D eigenvalue weighted by atomic mass is 32.1. The molecule has 0 aliphatic carbocycles. The second kappa shape index (κ2) is 5.29. The number of benzene rings is 1. The molecular weight excluding hydrogens is 288 g/mol. The minimum Gasteiger partial charge on any atom is -0.476 e. The van der Waals surface area contributed by atoms with E-state index in [9.17, 15) is 9.59 Å². The molecule has 6 heteroatoms. The number of hydrogen-bond acceptors (Lipinski definition) is 4. The third kappa shape index (κ3) is 2.54. The summed E-state index contributed by atoms with van der Waals surface area (Å²) in [6.07, 6.45) is 0.943. The fraction of sp³-hybridized carbons (Fsp3) is 0.267. The second-order valence-corrected chi connectivity index (χ2v) is 6.05. The fourth-order valence-corrected chi connectivity index (χ4v) is 3.31. The van der Waals surface area contributed by atoms with Crippen LogP contribution in [0.1, 0.15) is 32.8 Å². The van der Waals surface area contributed by atoms with Crippen LogP contribution >= 0.6 is 11.3 Å². The Balaban J connectivity index is 1.95. The number of rotatable bonds is 2. The fourth-order valence-electron chi connectivity index (χ4n) is 2.57. The van der Waals surface area contributed by atoms with Gasteiger partial charge in [-0.3, -0.25) is 4.79 Å². The van der Waals surface area contributed by atoms with E-state index in [0.29, 0.717) is 12.5 Å². The van der Waals surface area contributed by atoms with Gasteiger partial charge in [-0.1, -0.05) is 25.1 Å². The lowest BCUT2D eigenvalue weighted by Gasteiger charge is -2.32. The Kier molecular flexibility index (Phi) is 3.47. The second-order valence-electron chi connectivity index (χ2n) is 5.20. The molecule has 1 aromatic heterocycles. The van der Waals surface area contributed by atoms with E-state index in [1.165, 1.54) is 5.38 Å². The van der Waals surface area contributed by atoms with E-state index in [-0.39, 0.29) is 16.6 Å². The first-order valence-electron chi connectivity index (χ1n) is 6.65. The van der Waals surface area contributed by atoms with Gasteiger partial charge in [-0.15, -0.1) is 11.3 Å². The van der Waals surface area contributed by atoms with E-state index < -0.39 is 5.97 Å². The Labute approximate surface area is 125 Å². The van der Waals surface area contributed by atoms with Crippen LogP contribution < -0.4 is 4.90 Å². The van der Waals surface area contributed by atoms with Gasteiger partial charge in [0.05, 0.1) is 0 Å². The van der Waals surface area contributed by atoms with Crippen molar-refractivity contribution in [2.24, 2.45) is 5.92 Å². The quantitative estimate of drug-likeness (QED) is 0.926. The minimum atomic E-state index is -1.11. The van der Waals surface area contributed by atoms with Gasteiger partial charge in [0.1, 0.15) is 0 Å². The molecule has 5 nitrogen and oxygen atoms in total. The Morgan fingerprint density at radius 1 is 1.38 bits per heavy atom. The summed E-state index contributed by atoms with van der Waals surface area (Å²) >= 11 is 1.07. The number of aromatic carboxylic acids is 1. The van der Waals surface area contributed by atoms with Gasteiger partial charge in [-0.05, 0) is 24.0 Å². The number of hydrogen-bond donors (Lipinski definition) is 1. The van der Waals surface area contributed by atoms with Crippen molar-refractivity contribution in [3.8, 4) is 0 Å². The van der Waals surface area contributed by atoms with Crippen LogP contribution in [0.3, 0.4) is 0 Å². The first kappa shape index (κ1) is 13.8. The third-order valence-electron chi connectivity index (χ3n) is 3.50. The van der Waals surface area contributed by atoms with Crippen LogP contribution in [0.2, 0.25) is 0 Å². The lowest BCUT2D eigenvalue weighted by Crippen LogP contribution is -2.39. The van der Waals surface area contributed by atoms with Crippen molar-refractivity contribution in [1.82, 2.24) is 4.98 Å². The molecule has 1 atom stereocenters. The number of amides is 1. The van der Waals surface area contributed by atoms with E-state index >= 15 is 0 Å². The molecule has 1 unspecified atom stereocenters. The number of fused-ring (bicyclic) bond motifs is 1. The number of para-hydroxylation sites is 1. The number of anilines is 1. The van der Waals surface area contributed by atoms with Crippen molar-refractivity contribution in [1.29, 1.82) is 0 Å². The van der Waals surface area contributed by atoms with Crippen LogP contribution in [0.25, 0.3) is 0 Å². The maximum absolute atomic E-state index is 12.6. The Morgan fingerprint density at radius 2 is 2.14 bits per heavy atom. The maximum Gasteiger partial charge on any atom is 0.355 e. The molecule has 1 amide bonds. The largest absolute Gasteiger partial charge is 0.476 e. The molecule has 1 aliphatic rings. The number of carbonyl (C=O) groups excluding carboxylic acids is 1. The van der Waals surface area contributed by atoms with E-state index in [4.69, 9.17) is 5.11 Å². The summed E-state index contributed by atoms with van der Waals surface area (Å²) in [5, 5.41) is 10.5. The molecular formula is C15H14N2O3S. The highest BCUT2D eigenvalue weighted by molar-refractivity contribution is 7.12. The van der Waals surface area contributed by atoms with Gasteiger partial charge in [-0.25, -0.2) is 9.78 Å². The van der Waals surface area contributed by atoms with E-state index in [0.717, 1.165) is 29.0 Å². The molecule has 21 heavy (non-hydrogen) atoms. The predicted molar refractivity (Wildman–Crippen MR) is 80.1 cm³/mol. The first-order valence-corrected chi connectivity index (χ1v) is 7.53. The molecule has 2 heterocycles. The van der Waals surface area contributed by atoms with Crippen LogP contribution in [-0.2, 0) is 6.42 Å². The third-order valence-corrected chi connectivity index (χ3v) is 4.33. The number of carboxylic acid groups (broad SMARTS) is 1. The van der Waals surface area contributed by atoms with Crippen LogP contribution in [-0.4, -0.2) is 28.5 Å². The molecule has 0 bridgehead atoms. The normalized spacial score (nSPS) is 17.4. The Hall–Kier alpha value is -2.21. The number of thiazole rings is 1. The van der Waals surface area contributed by atoms with Crippen molar-refractivity contribution in [3.05, 3.63) is 45.9 Å². The molecule has 0 radical (unpaired) electrons. The molecule has 0 saturated carbocycles. The van der Waals surface area contributed by atoms with E-state index in [1.54, 1.807) is 4.90 Å². The zero-order valence-electron chi connectivity index (χ0n) is 11.4. The monoisotopic (exact) mass is 302 g/mol. The van der Waals surface area contributed by atoms with Crippen molar-refractivity contribution < 1.29 is 14.7 Å². The standard InChI is InChI=1S/C15H14N2O3S/c1-9-6-10-4-2-3-5-12(10)17(7-9)14(18)13-16-11(8-21-13)15(19)20/h2-5,8-9H,6-7H2,1H3,(H,19,20). The number of aromatic nitrogens is 1. The molecule has 1 aromatic carbocycles. The zero-order valence-corrected chi connectivity index (χ0v) is 12.3. The van der Waals surface area contributed by atoms with Gasteiger partial charge >= 0.3 is 5.97 Å². The topological polar surface area (TPSA) is 70.5 Å². The highest BCUT2D eigenvalue weighted by Crippen LogP contribution is 2.31. The first-order chi connectivity index (χ1) is 10.1. The Bertz CT molecular complexity index is 710. The summed E-state index contributed by atoms with van der Waals surface area (Å²) in [4.78, 5) is 29.1. The molecule has 108 valence electrons. The van der Waals surface area contributed by atoms with E-state index in [2.05, 4.69) is 11.9 Å². The van der Waals surface area contributed by atoms with Crippen molar-refractivity contribution in [2.45, 2.75) is 13.3 Å². The Morgan fingerprint density at radius 3 is 2.86 bits per heavy atom. The SMILES string of the molecule is CC1Cc2ccccc2N(C(=O)c2nc(C(=O)O)cs2)C1. The lowest BCUT2D eigenvalue weighted by molar-refractivity contribution is 0.0691. The smallest absolute Gasteiger partial charge is 0.355 e. The van der Waals surface area contributed by atoms with Gasteiger partial charge in [0.15, 0.2) is 10.7 Å². The summed E-state index contributed by atoms with van der Waals surface area (Å²) in [5.41, 5.74) is 1.95. The van der Waals surface area contributed by atoms with Crippen molar-refractivity contribution in [3.63, 3.8) is 0 Å². The highest BCUT2D eigenvalue weighted by Gasteiger charge is 2.28. The number of carboxylic acids is 1. The number of nitrogens with zero attached hydrogens (tertiary/aromatic N) is 2. The van der Waals surface area contributed by atoms with Gasteiger partial charge in [0.25, 0.3) is 5.91 Å². The maximum atomic E-state index is 12.6. The molecule has 1 aliphatic heterocycles.